The first-order chi connectivity index (χ1) is 7.37. The molecule has 6 heteroatoms. The Morgan fingerprint density at radius 2 is 2.06 bits per heavy atom. The van der Waals surface area contributed by atoms with Crippen LogP contribution in [0.4, 0.5) is 4.79 Å². The number of azide groups is 1. The van der Waals surface area contributed by atoms with Gasteiger partial charge in [-0.1, -0.05) is 5.11 Å². The van der Waals surface area contributed by atoms with Crippen molar-refractivity contribution in [1.29, 1.82) is 0 Å². The zero-order valence-corrected chi connectivity index (χ0v) is 10.4. The summed E-state index contributed by atoms with van der Waals surface area (Å²) < 4.78 is 5.18. The van der Waals surface area contributed by atoms with Gasteiger partial charge in [0.1, 0.15) is 5.60 Å². The van der Waals surface area contributed by atoms with Crippen LogP contribution in [-0.2, 0) is 4.74 Å². The topological polar surface area (TPSA) is 78.3 Å². The molecule has 0 unspecified atom stereocenters. The van der Waals surface area contributed by atoms with Crippen molar-refractivity contribution in [3.05, 3.63) is 10.4 Å². The predicted octanol–water partition coefficient (Wildman–Crippen LogP) is 2.94. The summed E-state index contributed by atoms with van der Waals surface area (Å²) in [5.74, 6) is 0. The van der Waals surface area contributed by atoms with Gasteiger partial charge in [-0.25, -0.2) is 4.79 Å². The molecule has 0 spiro atoms. The fourth-order valence-corrected chi connectivity index (χ4v) is 1.01. The van der Waals surface area contributed by atoms with Gasteiger partial charge in [-0.05, 0) is 39.1 Å². The summed E-state index contributed by atoms with van der Waals surface area (Å²) in [6, 6.07) is 0. The van der Waals surface area contributed by atoms with E-state index in [-0.39, 0.29) is 6.09 Å². The van der Waals surface area contributed by atoms with Crippen LogP contribution in [-0.4, -0.2) is 36.7 Å². The highest BCUT2D eigenvalue weighted by Gasteiger charge is 2.18. The molecule has 0 aliphatic carbocycles. The van der Waals surface area contributed by atoms with Gasteiger partial charge in [0.2, 0.25) is 0 Å². The van der Waals surface area contributed by atoms with E-state index in [4.69, 9.17) is 10.3 Å². The average molecular weight is 228 g/mol. The van der Waals surface area contributed by atoms with Gasteiger partial charge in [-0.2, -0.15) is 0 Å². The quantitative estimate of drug-likeness (QED) is 0.314. The second kappa shape index (κ2) is 6.95. The van der Waals surface area contributed by atoms with Gasteiger partial charge in [0.05, 0.1) is 0 Å². The Morgan fingerprint density at radius 1 is 1.44 bits per heavy atom. The van der Waals surface area contributed by atoms with Crippen LogP contribution in [0.25, 0.3) is 10.4 Å². The number of ether oxygens (including phenoxy) is 1. The molecule has 0 fully saturated rings. The second-order valence-electron chi connectivity index (χ2n) is 4.56. The zero-order chi connectivity index (χ0) is 12.6. The van der Waals surface area contributed by atoms with E-state index in [2.05, 4.69) is 10.0 Å². The third-order valence-corrected chi connectivity index (χ3v) is 1.77. The molecule has 0 radical (unpaired) electrons. The maximum Gasteiger partial charge on any atom is 0.410 e. The summed E-state index contributed by atoms with van der Waals surface area (Å²) in [6.07, 6.45) is 1.25. The SMILES string of the molecule is CN(CCCCN=[N+]=[N-])C(=O)OC(C)(C)C. The van der Waals surface area contributed by atoms with Crippen LogP contribution < -0.4 is 0 Å². The lowest BCUT2D eigenvalue weighted by molar-refractivity contribution is 0.0296. The molecule has 0 aromatic carbocycles. The number of rotatable bonds is 5. The van der Waals surface area contributed by atoms with Crippen LogP contribution in [0.2, 0.25) is 0 Å². The molecule has 0 rings (SSSR count). The van der Waals surface area contributed by atoms with Gasteiger partial charge < -0.3 is 9.64 Å². The first-order valence-electron chi connectivity index (χ1n) is 5.32. The minimum Gasteiger partial charge on any atom is -0.444 e. The minimum atomic E-state index is -0.462. The number of unbranched alkanes of at least 4 members (excludes halogenated alkanes) is 1. The molecule has 0 saturated carbocycles. The molecule has 0 bridgehead atoms. The van der Waals surface area contributed by atoms with Crippen LogP contribution in [0.5, 0.6) is 0 Å². The molecule has 0 heterocycles. The molecule has 0 saturated heterocycles. The molecule has 0 N–H and O–H groups in total. The third-order valence-electron chi connectivity index (χ3n) is 1.77. The van der Waals surface area contributed by atoms with E-state index >= 15 is 0 Å². The Morgan fingerprint density at radius 3 is 2.56 bits per heavy atom. The van der Waals surface area contributed by atoms with Crippen molar-refractivity contribution in [3.8, 4) is 0 Å². The standard InChI is InChI=1S/C10H20N4O2/c1-10(2,3)16-9(15)14(4)8-6-5-7-12-13-11/h5-8H2,1-4H3. The summed E-state index contributed by atoms with van der Waals surface area (Å²) in [7, 11) is 1.70. The molecular formula is C10H20N4O2. The maximum absolute atomic E-state index is 11.5. The lowest BCUT2D eigenvalue weighted by atomic mass is 10.2. The van der Waals surface area contributed by atoms with E-state index in [9.17, 15) is 4.79 Å². The Balaban J connectivity index is 3.75. The number of nitrogens with zero attached hydrogens (tertiary/aromatic N) is 4. The molecule has 16 heavy (non-hydrogen) atoms. The molecule has 0 aliphatic rings. The van der Waals surface area contributed by atoms with E-state index in [0.717, 1.165) is 12.8 Å². The Kier molecular flexibility index (Phi) is 6.34. The van der Waals surface area contributed by atoms with E-state index in [1.54, 1.807) is 7.05 Å². The van der Waals surface area contributed by atoms with E-state index in [1.807, 2.05) is 20.8 Å². The summed E-state index contributed by atoms with van der Waals surface area (Å²) in [4.78, 5) is 15.7. The summed E-state index contributed by atoms with van der Waals surface area (Å²) in [5.41, 5.74) is 7.60. The molecule has 0 aromatic heterocycles. The van der Waals surface area contributed by atoms with Gasteiger partial charge in [-0.3, -0.25) is 0 Å². The van der Waals surface area contributed by atoms with Gasteiger partial charge >= 0.3 is 6.09 Å². The van der Waals surface area contributed by atoms with E-state index < -0.39 is 5.60 Å². The van der Waals surface area contributed by atoms with Crippen molar-refractivity contribution in [2.45, 2.75) is 39.2 Å². The van der Waals surface area contributed by atoms with E-state index in [0.29, 0.717) is 13.1 Å². The summed E-state index contributed by atoms with van der Waals surface area (Å²) >= 11 is 0. The molecule has 92 valence electrons. The number of hydrogen-bond acceptors (Lipinski definition) is 3. The molecular weight excluding hydrogens is 208 g/mol. The number of hydrogen-bond donors (Lipinski definition) is 0. The lowest BCUT2D eigenvalue weighted by Gasteiger charge is -2.24. The fourth-order valence-electron chi connectivity index (χ4n) is 1.01. The molecule has 6 nitrogen and oxygen atoms in total. The highest BCUT2D eigenvalue weighted by Crippen LogP contribution is 2.09. The Hall–Kier alpha value is -1.42. The van der Waals surface area contributed by atoms with Crippen molar-refractivity contribution in [1.82, 2.24) is 4.90 Å². The predicted molar refractivity (Wildman–Crippen MR) is 62.1 cm³/mol. The minimum absolute atomic E-state index is 0.323. The highest BCUT2D eigenvalue weighted by atomic mass is 16.6. The Bertz CT molecular complexity index is 266. The molecule has 0 aliphatic heterocycles. The first kappa shape index (κ1) is 14.6. The third kappa shape index (κ3) is 7.94. The number of amides is 1. The lowest BCUT2D eigenvalue weighted by Crippen LogP contribution is -2.34. The van der Waals surface area contributed by atoms with E-state index in [1.165, 1.54) is 4.90 Å². The molecule has 0 atom stereocenters. The Labute approximate surface area is 96.2 Å². The van der Waals surface area contributed by atoms with Crippen LogP contribution in [0, 0.1) is 0 Å². The van der Waals surface area contributed by atoms with Crippen LogP contribution in [0.1, 0.15) is 33.6 Å². The van der Waals surface area contributed by atoms with Crippen LogP contribution >= 0.6 is 0 Å². The second-order valence-corrected chi connectivity index (χ2v) is 4.56. The first-order valence-corrected chi connectivity index (χ1v) is 5.32. The van der Waals surface area contributed by atoms with Gasteiger partial charge in [0.15, 0.2) is 0 Å². The largest absolute Gasteiger partial charge is 0.444 e. The number of carbonyl (C=O) groups is 1. The summed E-state index contributed by atoms with van der Waals surface area (Å²) in [6.45, 7) is 6.58. The van der Waals surface area contributed by atoms with Crippen LogP contribution in [0.15, 0.2) is 5.11 Å². The van der Waals surface area contributed by atoms with Gasteiger partial charge in [0.25, 0.3) is 0 Å². The maximum atomic E-state index is 11.5. The fraction of sp³-hybridized carbons (Fsp3) is 0.900. The zero-order valence-electron chi connectivity index (χ0n) is 10.4. The van der Waals surface area contributed by atoms with Crippen LogP contribution in [0.3, 0.4) is 0 Å². The van der Waals surface area contributed by atoms with Crippen molar-refractivity contribution >= 4 is 6.09 Å². The number of carbonyl (C=O) groups excluding carboxylic acids is 1. The van der Waals surface area contributed by atoms with Crippen molar-refractivity contribution in [2.24, 2.45) is 5.11 Å². The van der Waals surface area contributed by atoms with Crippen molar-refractivity contribution in [2.75, 3.05) is 20.1 Å². The average Bonchev–Trinajstić information content (AvgIpc) is 2.14. The normalized spacial score (nSPS) is 10.5. The van der Waals surface area contributed by atoms with Crippen molar-refractivity contribution < 1.29 is 9.53 Å². The van der Waals surface area contributed by atoms with Gasteiger partial charge in [-0.15, -0.1) is 0 Å². The van der Waals surface area contributed by atoms with Crippen molar-refractivity contribution in [3.63, 3.8) is 0 Å². The smallest absolute Gasteiger partial charge is 0.410 e. The monoisotopic (exact) mass is 228 g/mol. The molecule has 0 aromatic rings. The molecule has 1 amide bonds. The highest BCUT2D eigenvalue weighted by molar-refractivity contribution is 5.67. The summed E-state index contributed by atoms with van der Waals surface area (Å²) in [5, 5.41) is 3.42. The van der Waals surface area contributed by atoms with Gasteiger partial charge in [0, 0.05) is 25.0 Å².